The Hall–Kier alpha value is -2.76. The maximum Gasteiger partial charge on any atom is 0.328 e. The molecule has 6 nitrogen and oxygen atoms in total. The normalized spacial score (nSPS) is 15.3. The molecular weight excluding hydrogens is 258 g/mol. The van der Waals surface area contributed by atoms with Gasteiger partial charge in [-0.3, -0.25) is 24.8 Å². The second kappa shape index (κ2) is 4.73. The molecule has 3 amide bonds. The molecule has 1 aliphatic rings. The van der Waals surface area contributed by atoms with Gasteiger partial charge in [-0.05, 0) is 17.5 Å². The lowest BCUT2D eigenvalue weighted by Crippen LogP contribution is -2.49. The summed E-state index contributed by atoms with van der Waals surface area (Å²) in [5.41, 5.74) is 1.02. The van der Waals surface area contributed by atoms with E-state index < -0.39 is 6.03 Å². The minimum atomic E-state index is -0.437. The first kappa shape index (κ1) is 12.3. The molecule has 0 atom stereocenters. The van der Waals surface area contributed by atoms with Crippen LogP contribution in [0.3, 0.4) is 0 Å². The summed E-state index contributed by atoms with van der Waals surface area (Å²) >= 11 is 0. The fourth-order valence-corrected chi connectivity index (χ4v) is 2.27. The maximum absolute atomic E-state index is 11.9. The molecule has 1 aromatic carbocycles. The Kier molecular flexibility index (Phi) is 2.90. The first-order valence-corrected chi connectivity index (χ1v) is 6.14. The Morgan fingerprint density at radius 2 is 2.15 bits per heavy atom. The van der Waals surface area contributed by atoms with E-state index in [9.17, 15) is 14.4 Å². The summed E-state index contributed by atoms with van der Waals surface area (Å²) in [7, 11) is 0. The van der Waals surface area contributed by atoms with E-state index in [0.29, 0.717) is 24.2 Å². The molecule has 3 rings (SSSR count). The highest BCUT2D eigenvalue weighted by Gasteiger charge is 2.25. The van der Waals surface area contributed by atoms with Crippen LogP contribution in [-0.4, -0.2) is 29.8 Å². The zero-order chi connectivity index (χ0) is 14.1. The predicted octanol–water partition coefficient (Wildman–Crippen LogP) is 1.49. The lowest BCUT2D eigenvalue weighted by atomic mass is 10.1. The van der Waals surface area contributed by atoms with Crippen LogP contribution >= 0.6 is 0 Å². The van der Waals surface area contributed by atoms with Gasteiger partial charge in [-0.25, -0.2) is 4.79 Å². The van der Waals surface area contributed by atoms with E-state index in [1.165, 1.54) is 4.90 Å². The zero-order valence-electron chi connectivity index (χ0n) is 10.5. The summed E-state index contributed by atoms with van der Waals surface area (Å²) in [4.78, 5) is 39.4. The Balaban J connectivity index is 2.09. The standard InChI is InChI=1S/C14H11N3O3/c18-8-10-6-9-2-1-3-12(11(9)7-15-10)17-5-4-13(19)16-14(17)20/h1-3,6-8H,4-5H2,(H,16,19,20). The molecule has 0 bridgehead atoms. The smallest absolute Gasteiger partial charge is 0.296 e. The molecule has 2 aromatic rings. The molecule has 1 aliphatic heterocycles. The molecule has 1 saturated heterocycles. The molecular formula is C14H11N3O3. The number of hydrogen-bond acceptors (Lipinski definition) is 4. The van der Waals surface area contributed by atoms with Crippen molar-refractivity contribution in [2.75, 3.05) is 11.4 Å². The third-order valence-corrected chi connectivity index (χ3v) is 3.23. The van der Waals surface area contributed by atoms with E-state index in [1.54, 1.807) is 24.4 Å². The van der Waals surface area contributed by atoms with Crippen molar-refractivity contribution >= 4 is 34.7 Å². The maximum atomic E-state index is 11.9. The Morgan fingerprint density at radius 3 is 2.90 bits per heavy atom. The van der Waals surface area contributed by atoms with Crippen molar-refractivity contribution in [2.24, 2.45) is 0 Å². The van der Waals surface area contributed by atoms with Gasteiger partial charge in [-0.2, -0.15) is 0 Å². The van der Waals surface area contributed by atoms with Crippen LogP contribution in [0.4, 0.5) is 10.5 Å². The van der Waals surface area contributed by atoms with E-state index in [-0.39, 0.29) is 12.3 Å². The average Bonchev–Trinajstić information content (AvgIpc) is 2.46. The lowest BCUT2D eigenvalue weighted by molar-refractivity contribution is -0.120. The molecule has 1 aromatic heterocycles. The average molecular weight is 269 g/mol. The Labute approximate surface area is 114 Å². The molecule has 0 aliphatic carbocycles. The number of urea groups is 1. The van der Waals surface area contributed by atoms with Crippen molar-refractivity contribution in [3.8, 4) is 0 Å². The molecule has 2 heterocycles. The van der Waals surface area contributed by atoms with Crippen molar-refractivity contribution < 1.29 is 14.4 Å². The number of anilines is 1. The van der Waals surface area contributed by atoms with Crippen LogP contribution in [0.1, 0.15) is 16.9 Å². The SMILES string of the molecule is O=Cc1cc2cccc(N3CCC(=O)NC3=O)c2cn1. The molecule has 100 valence electrons. The van der Waals surface area contributed by atoms with Crippen LogP contribution in [0.5, 0.6) is 0 Å². The fraction of sp³-hybridized carbons (Fsp3) is 0.143. The molecule has 0 spiro atoms. The second-order valence-electron chi connectivity index (χ2n) is 4.48. The largest absolute Gasteiger partial charge is 0.328 e. The number of nitrogens with one attached hydrogen (secondary N) is 1. The third kappa shape index (κ3) is 2.01. The van der Waals surface area contributed by atoms with Gasteiger partial charge in [0.15, 0.2) is 6.29 Å². The minimum Gasteiger partial charge on any atom is -0.296 e. The van der Waals surface area contributed by atoms with Crippen LogP contribution in [0, 0.1) is 0 Å². The van der Waals surface area contributed by atoms with Gasteiger partial charge < -0.3 is 0 Å². The summed E-state index contributed by atoms with van der Waals surface area (Å²) in [5, 5.41) is 3.88. The van der Waals surface area contributed by atoms with Crippen LogP contribution < -0.4 is 10.2 Å². The van der Waals surface area contributed by atoms with Gasteiger partial charge in [0, 0.05) is 24.5 Å². The highest BCUT2D eigenvalue weighted by atomic mass is 16.2. The molecule has 20 heavy (non-hydrogen) atoms. The van der Waals surface area contributed by atoms with Gasteiger partial charge in [0.2, 0.25) is 5.91 Å². The summed E-state index contributed by atoms with van der Waals surface area (Å²) < 4.78 is 0. The summed E-state index contributed by atoms with van der Waals surface area (Å²) in [6.07, 6.45) is 2.51. The van der Waals surface area contributed by atoms with E-state index in [4.69, 9.17) is 0 Å². The van der Waals surface area contributed by atoms with Gasteiger partial charge in [-0.1, -0.05) is 12.1 Å². The molecule has 6 heteroatoms. The number of hydrogen-bond donors (Lipinski definition) is 1. The predicted molar refractivity (Wildman–Crippen MR) is 72.6 cm³/mol. The van der Waals surface area contributed by atoms with Crippen molar-refractivity contribution in [3.05, 3.63) is 36.2 Å². The number of aromatic nitrogens is 1. The number of nitrogens with zero attached hydrogens (tertiary/aromatic N) is 2. The number of aldehydes is 1. The number of amides is 3. The lowest BCUT2D eigenvalue weighted by Gasteiger charge is -2.27. The summed E-state index contributed by atoms with van der Waals surface area (Å²) in [5.74, 6) is -0.271. The molecule has 0 unspecified atom stereocenters. The monoisotopic (exact) mass is 269 g/mol. The number of pyridine rings is 1. The van der Waals surface area contributed by atoms with Gasteiger partial charge in [0.25, 0.3) is 0 Å². The number of benzene rings is 1. The number of rotatable bonds is 2. The summed E-state index contributed by atoms with van der Waals surface area (Å²) in [6.45, 7) is 0.333. The Bertz CT molecular complexity index is 727. The van der Waals surface area contributed by atoms with Crippen LogP contribution in [0.2, 0.25) is 0 Å². The van der Waals surface area contributed by atoms with Gasteiger partial charge in [-0.15, -0.1) is 0 Å². The van der Waals surface area contributed by atoms with E-state index in [0.717, 1.165) is 10.8 Å². The number of imide groups is 1. The van der Waals surface area contributed by atoms with Crippen molar-refractivity contribution in [1.82, 2.24) is 10.3 Å². The van der Waals surface area contributed by atoms with E-state index >= 15 is 0 Å². The minimum absolute atomic E-state index is 0.266. The van der Waals surface area contributed by atoms with Crippen LogP contribution in [0.25, 0.3) is 10.8 Å². The topological polar surface area (TPSA) is 79.4 Å². The highest BCUT2D eigenvalue weighted by molar-refractivity contribution is 6.10. The quantitative estimate of drug-likeness (QED) is 0.838. The van der Waals surface area contributed by atoms with E-state index in [1.807, 2.05) is 6.07 Å². The third-order valence-electron chi connectivity index (χ3n) is 3.23. The summed E-state index contributed by atoms with van der Waals surface area (Å²) in [6, 6.07) is 6.67. The molecule has 1 N–H and O–H groups in total. The van der Waals surface area contributed by atoms with Crippen molar-refractivity contribution in [1.29, 1.82) is 0 Å². The fourth-order valence-electron chi connectivity index (χ4n) is 2.27. The van der Waals surface area contributed by atoms with Crippen LogP contribution in [0.15, 0.2) is 30.5 Å². The van der Waals surface area contributed by atoms with Crippen LogP contribution in [-0.2, 0) is 4.79 Å². The molecule has 1 fully saturated rings. The highest BCUT2D eigenvalue weighted by Crippen LogP contribution is 2.27. The van der Waals surface area contributed by atoms with Gasteiger partial charge in [0.05, 0.1) is 5.69 Å². The first-order valence-electron chi connectivity index (χ1n) is 6.14. The first-order chi connectivity index (χ1) is 9.69. The van der Waals surface area contributed by atoms with Crippen molar-refractivity contribution in [3.63, 3.8) is 0 Å². The number of carbonyl (C=O) groups excluding carboxylic acids is 3. The number of fused-ring (bicyclic) bond motifs is 1. The van der Waals surface area contributed by atoms with E-state index in [2.05, 4.69) is 10.3 Å². The van der Waals surface area contributed by atoms with Crippen molar-refractivity contribution in [2.45, 2.75) is 6.42 Å². The van der Waals surface area contributed by atoms with Gasteiger partial charge >= 0.3 is 6.03 Å². The zero-order valence-corrected chi connectivity index (χ0v) is 10.5. The molecule has 0 saturated carbocycles. The number of carbonyl (C=O) groups is 3. The molecule has 0 radical (unpaired) electrons. The Morgan fingerprint density at radius 1 is 1.30 bits per heavy atom. The second-order valence-corrected chi connectivity index (χ2v) is 4.48. The van der Waals surface area contributed by atoms with Gasteiger partial charge in [0.1, 0.15) is 5.69 Å².